The number of anilines is 1. The van der Waals surface area contributed by atoms with Crippen LogP contribution < -0.4 is 5.32 Å². The predicted molar refractivity (Wildman–Crippen MR) is 70.4 cm³/mol. The van der Waals surface area contributed by atoms with Crippen LogP contribution in [0.25, 0.3) is 0 Å². The SMILES string of the molecule is Cc1cc(CNc2cccc(C(F)(F)F)n2)sc1C. The summed E-state index contributed by atoms with van der Waals surface area (Å²) in [6.07, 6.45) is -4.41. The number of hydrogen-bond acceptors (Lipinski definition) is 3. The van der Waals surface area contributed by atoms with Crippen LogP contribution in [0, 0.1) is 13.8 Å². The Morgan fingerprint density at radius 3 is 2.58 bits per heavy atom. The molecule has 0 aliphatic heterocycles. The van der Waals surface area contributed by atoms with Gasteiger partial charge in [0, 0.05) is 9.75 Å². The van der Waals surface area contributed by atoms with Crippen LogP contribution in [-0.4, -0.2) is 4.98 Å². The second-order valence-electron chi connectivity index (χ2n) is 4.21. The summed E-state index contributed by atoms with van der Waals surface area (Å²) in [5.41, 5.74) is 0.315. The molecule has 102 valence electrons. The van der Waals surface area contributed by atoms with E-state index in [0.29, 0.717) is 6.54 Å². The third kappa shape index (κ3) is 3.47. The van der Waals surface area contributed by atoms with Gasteiger partial charge in [0.1, 0.15) is 11.5 Å². The molecule has 2 heterocycles. The lowest BCUT2D eigenvalue weighted by Crippen LogP contribution is -2.09. The van der Waals surface area contributed by atoms with Gasteiger partial charge in [-0.1, -0.05) is 6.07 Å². The molecule has 2 aromatic heterocycles. The Morgan fingerprint density at radius 1 is 1.26 bits per heavy atom. The summed E-state index contributed by atoms with van der Waals surface area (Å²) in [5.74, 6) is 0.235. The summed E-state index contributed by atoms with van der Waals surface area (Å²) in [6.45, 7) is 4.51. The fraction of sp³-hybridized carbons (Fsp3) is 0.308. The Kier molecular flexibility index (Phi) is 3.80. The zero-order valence-corrected chi connectivity index (χ0v) is 11.3. The van der Waals surface area contributed by atoms with E-state index in [0.717, 1.165) is 10.9 Å². The van der Waals surface area contributed by atoms with Crippen molar-refractivity contribution in [2.75, 3.05) is 5.32 Å². The first-order chi connectivity index (χ1) is 8.86. The van der Waals surface area contributed by atoms with Crippen molar-refractivity contribution in [3.05, 3.63) is 45.3 Å². The van der Waals surface area contributed by atoms with E-state index in [-0.39, 0.29) is 5.82 Å². The number of alkyl halides is 3. The third-order valence-electron chi connectivity index (χ3n) is 2.70. The van der Waals surface area contributed by atoms with E-state index in [4.69, 9.17) is 0 Å². The minimum atomic E-state index is -4.41. The number of hydrogen-bond donors (Lipinski definition) is 1. The topological polar surface area (TPSA) is 24.9 Å². The smallest absolute Gasteiger partial charge is 0.365 e. The van der Waals surface area contributed by atoms with E-state index >= 15 is 0 Å². The van der Waals surface area contributed by atoms with Crippen LogP contribution in [0.5, 0.6) is 0 Å². The van der Waals surface area contributed by atoms with Gasteiger partial charge in [0.15, 0.2) is 0 Å². The van der Waals surface area contributed by atoms with Gasteiger partial charge in [-0.3, -0.25) is 0 Å². The molecule has 0 aliphatic rings. The average Bonchev–Trinajstić information content (AvgIpc) is 2.66. The molecule has 0 fully saturated rings. The van der Waals surface area contributed by atoms with Crippen LogP contribution in [0.3, 0.4) is 0 Å². The van der Waals surface area contributed by atoms with Gasteiger partial charge >= 0.3 is 6.18 Å². The molecule has 0 spiro atoms. The lowest BCUT2D eigenvalue weighted by atomic mass is 10.3. The molecule has 0 unspecified atom stereocenters. The second kappa shape index (κ2) is 5.21. The van der Waals surface area contributed by atoms with Crippen LogP contribution in [0.1, 0.15) is 21.0 Å². The maximum Gasteiger partial charge on any atom is 0.433 e. The molecular weight excluding hydrogens is 273 g/mol. The Morgan fingerprint density at radius 2 is 2.00 bits per heavy atom. The highest BCUT2D eigenvalue weighted by Crippen LogP contribution is 2.28. The zero-order chi connectivity index (χ0) is 14.0. The van der Waals surface area contributed by atoms with E-state index in [1.807, 2.05) is 19.9 Å². The molecular formula is C13H13F3N2S. The van der Waals surface area contributed by atoms with Crippen molar-refractivity contribution >= 4 is 17.2 Å². The fourth-order valence-corrected chi connectivity index (χ4v) is 2.60. The van der Waals surface area contributed by atoms with Crippen LogP contribution in [-0.2, 0) is 12.7 Å². The molecule has 0 aromatic carbocycles. The summed E-state index contributed by atoms with van der Waals surface area (Å²) in [6, 6.07) is 5.87. The van der Waals surface area contributed by atoms with Gasteiger partial charge in [-0.25, -0.2) is 4.98 Å². The number of aromatic nitrogens is 1. The van der Waals surface area contributed by atoms with E-state index in [2.05, 4.69) is 10.3 Å². The fourth-order valence-electron chi connectivity index (χ4n) is 1.61. The Balaban J connectivity index is 2.07. The molecule has 0 aliphatic carbocycles. The molecule has 0 radical (unpaired) electrons. The number of nitrogens with zero attached hydrogens (tertiary/aromatic N) is 1. The van der Waals surface area contributed by atoms with E-state index in [9.17, 15) is 13.2 Å². The van der Waals surface area contributed by atoms with E-state index in [1.54, 1.807) is 11.3 Å². The lowest BCUT2D eigenvalue weighted by Gasteiger charge is -2.08. The number of thiophene rings is 1. The largest absolute Gasteiger partial charge is 0.433 e. The number of nitrogens with one attached hydrogen (secondary N) is 1. The Hall–Kier alpha value is -1.56. The molecule has 0 atom stereocenters. The number of aryl methyl sites for hydroxylation is 2. The van der Waals surface area contributed by atoms with E-state index < -0.39 is 11.9 Å². The lowest BCUT2D eigenvalue weighted by molar-refractivity contribution is -0.141. The first-order valence-corrected chi connectivity index (χ1v) is 6.52. The summed E-state index contributed by atoms with van der Waals surface area (Å²) in [5, 5.41) is 2.91. The van der Waals surface area contributed by atoms with Crippen molar-refractivity contribution in [3.63, 3.8) is 0 Å². The van der Waals surface area contributed by atoms with Gasteiger partial charge < -0.3 is 5.32 Å². The zero-order valence-electron chi connectivity index (χ0n) is 10.5. The number of halogens is 3. The normalized spacial score (nSPS) is 11.6. The predicted octanol–water partition coefficient (Wildman–Crippen LogP) is 4.39. The van der Waals surface area contributed by atoms with Gasteiger partial charge in [-0.15, -0.1) is 11.3 Å². The highest BCUT2D eigenvalue weighted by atomic mass is 32.1. The minimum Gasteiger partial charge on any atom is -0.365 e. The van der Waals surface area contributed by atoms with Gasteiger partial charge in [0.25, 0.3) is 0 Å². The van der Waals surface area contributed by atoms with Crippen LogP contribution in [0.2, 0.25) is 0 Å². The van der Waals surface area contributed by atoms with Gasteiger partial charge in [-0.05, 0) is 37.6 Å². The van der Waals surface area contributed by atoms with Gasteiger partial charge in [0.2, 0.25) is 0 Å². The molecule has 1 N–H and O–H groups in total. The quantitative estimate of drug-likeness (QED) is 0.905. The highest BCUT2D eigenvalue weighted by Gasteiger charge is 2.32. The van der Waals surface area contributed by atoms with Crippen molar-refractivity contribution in [1.82, 2.24) is 4.98 Å². The Labute approximate surface area is 113 Å². The highest BCUT2D eigenvalue weighted by molar-refractivity contribution is 7.12. The molecule has 2 rings (SSSR count). The standard InChI is InChI=1S/C13H13F3N2S/c1-8-6-10(19-9(8)2)7-17-12-5-3-4-11(18-12)13(14,15)16/h3-6H,7H2,1-2H3,(H,17,18). The van der Waals surface area contributed by atoms with Crippen molar-refractivity contribution in [2.45, 2.75) is 26.6 Å². The van der Waals surface area contributed by atoms with E-state index in [1.165, 1.54) is 22.6 Å². The van der Waals surface area contributed by atoms with Gasteiger partial charge in [0.05, 0.1) is 6.54 Å². The summed E-state index contributed by atoms with van der Waals surface area (Å²) in [7, 11) is 0. The molecule has 19 heavy (non-hydrogen) atoms. The molecule has 0 saturated carbocycles. The van der Waals surface area contributed by atoms with Crippen LogP contribution >= 0.6 is 11.3 Å². The van der Waals surface area contributed by atoms with Crippen molar-refractivity contribution in [1.29, 1.82) is 0 Å². The Bertz CT molecular complexity index is 556. The van der Waals surface area contributed by atoms with Crippen molar-refractivity contribution < 1.29 is 13.2 Å². The molecule has 0 saturated heterocycles. The number of rotatable bonds is 3. The summed E-state index contributed by atoms with van der Waals surface area (Å²) in [4.78, 5) is 5.85. The van der Waals surface area contributed by atoms with Crippen LogP contribution in [0.4, 0.5) is 19.0 Å². The summed E-state index contributed by atoms with van der Waals surface area (Å²) < 4.78 is 37.5. The van der Waals surface area contributed by atoms with Crippen molar-refractivity contribution in [2.24, 2.45) is 0 Å². The molecule has 0 amide bonds. The minimum absolute atomic E-state index is 0.235. The van der Waals surface area contributed by atoms with Crippen LogP contribution in [0.15, 0.2) is 24.3 Å². The monoisotopic (exact) mass is 286 g/mol. The molecule has 2 aromatic rings. The molecule has 2 nitrogen and oxygen atoms in total. The average molecular weight is 286 g/mol. The molecule has 6 heteroatoms. The first kappa shape index (κ1) is 13.9. The summed E-state index contributed by atoms with van der Waals surface area (Å²) >= 11 is 1.63. The number of pyridine rings is 1. The van der Waals surface area contributed by atoms with Crippen molar-refractivity contribution in [3.8, 4) is 0 Å². The third-order valence-corrected chi connectivity index (χ3v) is 3.85. The van der Waals surface area contributed by atoms with Gasteiger partial charge in [-0.2, -0.15) is 13.2 Å². The maximum absolute atomic E-state index is 12.5. The first-order valence-electron chi connectivity index (χ1n) is 5.70. The maximum atomic E-state index is 12.5. The molecule has 0 bridgehead atoms. The second-order valence-corrected chi connectivity index (χ2v) is 5.55.